The molecule has 0 unspecified atom stereocenters. The lowest BCUT2D eigenvalue weighted by Gasteiger charge is -2.14. The highest BCUT2D eigenvalue weighted by Crippen LogP contribution is 2.29. The van der Waals surface area contributed by atoms with Crippen LogP contribution in [0.1, 0.15) is 54.1 Å². The number of carbonyl (C=O) groups excluding carboxylic acids is 2. The van der Waals surface area contributed by atoms with Crippen molar-refractivity contribution in [2.24, 2.45) is 0 Å². The minimum atomic E-state index is -0.0922. The number of aryl methyl sites for hydroxylation is 1. The summed E-state index contributed by atoms with van der Waals surface area (Å²) in [6.45, 7) is 4.02. The normalized spacial score (nSPS) is 13.7. The van der Waals surface area contributed by atoms with Crippen molar-refractivity contribution in [1.82, 2.24) is 10.3 Å². The molecule has 1 fully saturated rings. The van der Waals surface area contributed by atoms with Gasteiger partial charge in [-0.1, -0.05) is 6.92 Å². The van der Waals surface area contributed by atoms with Gasteiger partial charge in [-0.25, -0.2) is 0 Å². The van der Waals surface area contributed by atoms with E-state index in [-0.39, 0.29) is 11.7 Å². The summed E-state index contributed by atoms with van der Waals surface area (Å²) >= 11 is 0. The average Bonchev–Trinajstić information content (AvgIpc) is 3.38. The third kappa shape index (κ3) is 3.81. The van der Waals surface area contributed by atoms with Crippen LogP contribution in [0.25, 0.3) is 10.9 Å². The van der Waals surface area contributed by atoms with E-state index in [1.54, 1.807) is 6.20 Å². The second-order valence-corrected chi connectivity index (χ2v) is 6.81. The summed E-state index contributed by atoms with van der Waals surface area (Å²) in [5, 5.41) is 7.05. The fourth-order valence-corrected chi connectivity index (χ4v) is 3.09. The predicted octanol–water partition coefficient (Wildman–Crippen LogP) is 3.39. The van der Waals surface area contributed by atoms with Crippen molar-refractivity contribution in [3.05, 3.63) is 35.0 Å². The number of fused-ring (bicyclic) bond motifs is 1. The number of benzene rings is 1. The number of hydrogen-bond acceptors (Lipinski definition) is 4. The number of amides is 1. The lowest BCUT2D eigenvalue weighted by molar-refractivity contribution is -0.118. The maximum Gasteiger partial charge on any atom is 0.255 e. The molecule has 2 aromatic rings. The first kappa shape index (κ1) is 17.4. The highest BCUT2D eigenvalue weighted by atomic mass is 16.1. The molecule has 25 heavy (non-hydrogen) atoms. The molecule has 1 heterocycles. The van der Waals surface area contributed by atoms with Gasteiger partial charge in [0.15, 0.2) is 0 Å². The average molecular weight is 339 g/mol. The summed E-state index contributed by atoms with van der Waals surface area (Å²) in [6, 6.07) is 4.30. The molecule has 2 N–H and O–H groups in total. The fourth-order valence-electron chi connectivity index (χ4n) is 3.09. The van der Waals surface area contributed by atoms with Gasteiger partial charge in [0.05, 0.1) is 16.8 Å². The van der Waals surface area contributed by atoms with Crippen LogP contribution in [-0.2, 0) is 11.2 Å². The van der Waals surface area contributed by atoms with Gasteiger partial charge in [-0.05, 0) is 49.4 Å². The summed E-state index contributed by atoms with van der Waals surface area (Å²) in [6.07, 6.45) is 5.61. The Morgan fingerprint density at radius 2 is 2.04 bits per heavy atom. The van der Waals surface area contributed by atoms with Crippen molar-refractivity contribution < 1.29 is 9.59 Å². The molecule has 0 saturated heterocycles. The van der Waals surface area contributed by atoms with E-state index in [0.29, 0.717) is 24.4 Å². The third-order valence-corrected chi connectivity index (χ3v) is 4.65. The summed E-state index contributed by atoms with van der Waals surface area (Å²) in [5.74, 6) is 0.150. The van der Waals surface area contributed by atoms with Crippen LogP contribution >= 0.6 is 0 Å². The van der Waals surface area contributed by atoms with Gasteiger partial charge in [0, 0.05) is 37.5 Å². The molecule has 5 heteroatoms. The number of hydrogen-bond donors (Lipinski definition) is 2. The second kappa shape index (κ2) is 7.21. The standard InChI is InChI=1S/C20H25N3O2/c1-4-5-15(24)9-13-10-16-18(8-12(13)2)22-11-17(19(16)21-3)20(25)23-14-6-7-14/h8,10-11,14H,4-7,9H2,1-3H3,(H,21,22)(H,23,25). The first-order valence-electron chi connectivity index (χ1n) is 8.96. The highest BCUT2D eigenvalue weighted by molar-refractivity contribution is 6.07. The van der Waals surface area contributed by atoms with Crippen LogP contribution in [0.4, 0.5) is 5.69 Å². The van der Waals surface area contributed by atoms with E-state index in [2.05, 4.69) is 15.6 Å². The molecule has 0 atom stereocenters. The van der Waals surface area contributed by atoms with E-state index < -0.39 is 0 Å². The predicted molar refractivity (Wildman–Crippen MR) is 100 cm³/mol. The smallest absolute Gasteiger partial charge is 0.255 e. The zero-order valence-corrected chi connectivity index (χ0v) is 15.1. The fraction of sp³-hybridized carbons (Fsp3) is 0.450. The number of anilines is 1. The van der Waals surface area contributed by atoms with Gasteiger partial charge in [0.25, 0.3) is 5.91 Å². The molecule has 1 saturated carbocycles. The molecule has 1 aliphatic rings. The molecular weight excluding hydrogens is 314 g/mol. The maximum atomic E-state index is 12.5. The monoisotopic (exact) mass is 339 g/mol. The van der Waals surface area contributed by atoms with E-state index in [9.17, 15) is 9.59 Å². The third-order valence-electron chi connectivity index (χ3n) is 4.65. The van der Waals surface area contributed by atoms with E-state index in [0.717, 1.165) is 47.0 Å². The number of pyridine rings is 1. The summed E-state index contributed by atoms with van der Waals surface area (Å²) < 4.78 is 0. The largest absolute Gasteiger partial charge is 0.387 e. The minimum Gasteiger partial charge on any atom is -0.387 e. The quantitative estimate of drug-likeness (QED) is 0.811. The Kier molecular flexibility index (Phi) is 5.02. The Labute approximate surface area is 148 Å². The van der Waals surface area contributed by atoms with Crippen molar-refractivity contribution in [2.75, 3.05) is 12.4 Å². The number of aromatic nitrogens is 1. The van der Waals surface area contributed by atoms with E-state index in [4.69, 9.17) is 0 Å². The Bertz CT molecular complexity index is 825. The van der Waals surface area contributed by atoms with Gasteiger partial charge in [0.1, 0.15) is 5.78 Å². The Morgan fingerprint density at radius 3 is 2.68 bits per heavy atom. The Morgan fingerprint density at radius 1 is 1.28 bits per heavy atom. The topological polar surface area (TPSA) is 71.1 Å². The molecule has 0 aliphatic heterocycles. The molecule has 5 nitrogen and oxygen atoms in total. The van der Waals surface area contributed by atoms with Crippen LogP contribution in [0.5, 0.6) is 0 Å². The van der Waals surface area contributed by atoms with E-state index >= 15 is 0 Å². The second-order valence-electron chi connectivity index (χ2n) is 6.81. The number of Topliss-reactive ketones (excluding diaryl/α,β-unsaturated/α-hetero) is 1. The van der Waals surface area contributed by atoms with E-state index in [1.165, 1.54) is 0 Å². The van der Waals surface area contributed by atoms with Gasteiger partial charge in [-0.3, -0.25) is 14.6 Å². The molecule has 132 valence electrons. The van der Waals surface area contributed by atoms with Gasteiger partial charge >= 0.3 is 0 Å². The van der Waals surface area contributed by atoms with Gasteiger partial charge < -0.3 is 10.6 Å². The molecule has 0 bridgehead atoms. The van der Waals surface area contributed by atoms with Crippen LogP contribution in [0, 0.1) is 6.92 Å². The molecule has 1 aliphatic carbocycles. The molecule has 0 radical (unpaired) electrons. The lowest BCUT2D eigenvalue weighted by atomic mass is 9.97. The van der Waals surface area contributed by atoms with Gasteiger partial charge in [0.2, 0.25) is 0 Å². The zero-order chi connectivity index (χ0) is 18.0. The Balaban J connectivity index is 2.02. The number of rotatable bonds is 7. The maximum absolute atomic E-state index is 12.5. The molecular formula is C20H25N3O2. The molecule has 1 aromatic carbocycles. The number of nitrogens with zero attached hydrogens (tertiary/aromatic N) is 1. The van der Waals surface area contributed by atoms with Crippen LogP contribution in [0.3, 0.4) is 0 Å². The number of carbonyl (C=O) groups is 2. The first-order chi connectivity index (χ1) is 12.0. The first-order valence-corrected chi connectivity index (χ1v) is 8.96. The van der Waals surface area contributed by atoms with Crippen LogP contribution < -0.4 is 10.6 Å². The van der Waals surface area contributed by atoms with Crippen LogP contribution in [0.2, 0.25) is 0 Å². The minimum absolute atomic E-state index is 0.0922. The Hall–Kier alpha value is -2.43. The summed E-state index contributed by atoms with van der Waals surface area (Å²) in [5.41, 5.74) is 4.21. The van der Waals surface area contributed by atoms with Gasteiger partial charge in [-0.15, -0.1) is 0 Å². The number of nitrogens with one attached hydrogen (secondary N) is 2. The molecule has 1 aromatic heterocycles. The van der Waals surface area contributed by atoms with Crippen molar-refractivity contribution in [3.8, 4) is 0 Å². The van der Waals surface area contributed by atoms with Crippen molar-refractivity contribution >= 4 is 28.3 Å². The highest BCUT2D eigenvalue weighted by Gasteiger charge is 2.25. The summed E-state index contributed by atoms with van der Waals surface area (Å²) in [4.78, 5) is 29.0. The van der Waals surface area contributed by atoms with E-state index in [1.807, 2.05) is 33.0 Å². The SMILES string of the molecule is CCCC(=O)Cc1cc2c(NC)c(C(=O)NC3CC3)cnc2cc1C. The molecule has 1 amide bonds. The molecule has 3 rings (SSSR count). The zero-order valence-electron chi connectivity index (χ0n) is 15.1. The summed E-state index contributed by atoms with van der Waals surface area (Å²) in [7, 11) is 1.81. The van der Waals surface area contributed by atoms with Crippen molar-refractivity contribution in [1.29, 1.82) is 0 Å². The van der Waals surface area contributed by atoms with Crippen molar-refractivity contribution in [3.63, 3.8) is 0 Å². The number of ketones is 1. The lowest BCUT2D eigenvalue weighted by Crippen LogP contribution is -2.26. The van der Waals surface area contributed by atoms with Gasteiger partial charge in [-0.2, -0.15) is 0 Å². The van der Waals surface area contributed by atoms with Crippen molar-refractivity contribution in [2.45, 2.75) is 52.0 Å². The molecule has 0 spiro atoms. The van der Waals surface area contributed by atoms with Crippen LogP contribution in [0.15, 0.2) is 18.3 Å². The van der Waals surface area contributed by atoms with Crippen LogP contribution in [-0.4, -0.2) is 29.8 Å².